The van der Waals surface area contributed by atoms with Crippen LogP contribution >= 0.6 is 0 Å². The van der Waals surface area contributed by atoms with Gasteiger partial charge in [-0.1, -0.05) is 20.3 Å². The third-order valence-corrected chi connectivity index (χ3v) is 3.38. The van der Waals surface area contributed by atoms with Crippen molar-refractivity contribution in [3.8, 4) is 0 Å². The SMILES string of the molecule is CNCC(C)(C)COCC1CCCCN1C. The Hall–Kier alpha value is -0.120. The number of hydrogen-bond acceptors (Lipinski definition) is 3. The number of rotatable bonds is 6. The van der Waals surface area contributed by atoms with E-state index in [9.17, 15) is 0 Å². The molecule has 3 nitrogen and oxygen atoms in total. The largest absolute Gasteiger partial charge is 0.379 e. The highest BCUT2D eigenvalue weighted by Crippen LogP contribution is 2.17. The first-order valence-electron chi connectivity index (χ1n) is 6.48. The molecule has 0 aromatic heterocycles. The third-order valence-electron chi connectivity index (χ3n) is 3.38. The minimum absolute atomic E-state index is 0.238. The van der Waals surface area contributed by atoms with Gasteiger partial charge in [-0.15, -0.1) is 0 Å². The molecule has 16 heavy (non-hydrogen) atoms. The van der Waals surface area contributed by atoms with E-state index >= 15 is 0 Å². The van der Waals surface area contributed by atoms with Crippen LogP contribution in [-0.4, -0.2) is 51.3 Å². The summed E-state index contributed by atoms with van der Waals surface area (Å²) in [4.78, 5) is 2.44. The van der Waals surface area contributed by atoms with E-state index in [-0.39, 0.29) is 5.41 Å². The Morgan fingerprint density at radius 3 is 2.75 bits per heavy atom. The summed E-state index contributed by atoms with van der Waals surface area (Å²) in [5.41, 5.74) is 0.238. The highest BCUT2D eigenvalue weighted by atomic mass is 16.5. The molecule has 3 heteroatoms. The predicted octanol–water partition coefficient (Wildman–Crippen LogP) is 1.73. The van der Waals surface area contributed by atoms with Gasteiger partial charge in [0, 0.05) is 18.0 Å². The molecule has 1 aliphatic rings. The van der Waals surface area contributed by atoms with Gasteiger partial charge in [0.15, 0.2) is 0 Å². The Bertz CT molecular complexity index is 194. The van der Waals surface area contributed by atoms with Crippen LogP contribution in [0.4, 0.5) is 0 Å². The van der Waals surface area contributed by atoms with Crippen LogP contribution in [0.1, 0.15) is 33.1 Å². The average Bonchev–Trinajstić information content (AvgIpc) is 2.20. The summed E-state index contributed by atoms with van der Waals surface area (Å²) in [7, 11) is 4.21. The van der Waals surface area contributed by atoms with Crippen molar-refractivity contribution in [3.63, 3.8) is 0 Å². The van der Waals surface area contributed by atoms with Gasteiger partial charge in [0.2, 0.25) is 0 Å². The summed E-state index contributed by atoms with van der Waals surface area (Å²) in [6.07, 6.45) is 4.00. The van der Waals surface area contributed by atoms with E-state index in [1.54, 1.807) is 0 Å². The second-order valence-corrected chi connectivity index (χ2v) is 5.84. The quantitative estimate of drug-likeness (QED) is 0.749. The Labute approximate surface area is 101 Å². The molecule has 0 aromatic carbocycles. The van der Waals surface area contributed by atoms with Gasteiger partial charge in [0.25, 0.3) is 0 Å². The van der Waals surface area contributed by atoms with Gasteiger partial charge in [0.05, 0.1) is 13.2 Å². The van der Waals surface area contributed by atoms with Crippen LogP contribution in [0.3, 0.4) is 0 Å². The minimum Gasteiger partial charge on any atom is -0.379 e. The van der Waals surface area contributed by atoms with Gasteiger partial charge >= 0.3 is 0 Å². The lowest BCUT2D eigenvalue weighted by Gasteiger charge is -2.33. The van der Waals surface area contributed by atoms with Crippen LogP contribution in [0.15, 0.2) is 0 Å². The van der Waals surface area contributed by atoms with Gasteiger partial charge in [0.1, 0.15) is 0 Å². The molecule has 1 saturated heterocycles. The monoisotopic (exact) mass is 228 g/mol. The number of likely N-dealkylation sites (tertiary alicyclic amines) is 1. The first-order chi connectivity index (χ1) is 7.55. The smallest absolute Gasteiger partial charge is 0.0621 e. The van der Waals surface area contributed by atoms with E-state index in [0.29, 0.717) is 6.04 Å². The van der Waals surface area contributed by atoms with Gasteiger partial charge in [-0.05, 0) is 33.5 Å². The lowest BCUT2D eigenvalue weighted by molar-refractivity contribution is 0.0154. The lowest BCUT2D eigenvalue weighted by atomic mass is 9.95. The maximum absolute atomic E-state index is 5.88. The molecule has 0 aromatic rings. The van der Waals surface area contributed by atoms with Crippen molar-refractivity contribution in [1.82, 2.24) is 10.2 Å². The van der Waals surface area contributed by atoms with Gasteiger partial charge in [-0.2, -0.15) is 0 Å². The first-order valence-corrected chi connectivity index (χ1v) is 6.48. The second kappa shape index (κ2) is 6.58. The van der Waals surface area contributed by atoms with E-state index in [4.69, 9.17) is 4.74 Å². The van der Waals surface area contributed by atoms with Crippen molar-refractivity contribution in [2.75, 3.05) is 40.4 Å². The van der Waals surface area contributed by atoms with E-state index < -0.39 is 0 Å². The summed E-state index contributed by atoms with van der Waals surface area (Å²) in [5, 5.41) is 3.21. The van der Waals surface area contributed by atoms with Crippen molar-refractivity contribution < 1.29 is 4.74 Å². The Morgan fingerprint density at radius 1 is 1.38 bits per heavy atom. The molecular weight excluding hydrogens is 200 g/mol. The van der Waals surface area contributed by atoms with Crippen LogP contribution in [0.5, 0.6) is 0 Å². The molecule has 1 aliphatic heterocycles. The Morgan fingerprint density at radius 2 is 2.12 bits per heavy atom. The first kappa shape index (κ1) is 13.9. The molecule has 1 atom stereocenters. The van der Waals surface area contributed by atoms with Crippen LogP contribution in [0.2, 0.25) is 0 Å². The fourth-order valence-corrected chi connectivity index (χ4v) is 2.36. The number of hydrogen-bond donors (Lipinski definition) is 1. The van der Waals surface area contributed by atoms with Crippen LogP contribution in [0, 0.1) is 5.41 Å². The zero-order chi connectivity index (χ0) is 12.0. The average molecular weight is 228 g/mol. The van der Waals surface area contributed by atoms with Crippen molar-refractivity contribution in [3.05, 3.63) is 0 Å². The molecule has 0 bridgehead atoms. The number of ether oxygens (including phenoxy) is 1. The summed E-state index contributed by atoms with van der Waals surface area (Å²) in [6, 6.07) is 0.638. The normalized spacial score (nSPS) is 23.6. The van der Waals surface area contributed by atoms with E-state index in [1.807, 2.05) is 7.05 Å². The molecule has 0 radical (unpaired) electrons. The third kappa shape index (κ3) is 4.81. The summed E-state index contributed by atoms with van der Waals surface area (Å²) in [5.74, 6) is 0. The van der Waals surface area contributed by atoms with Crippen LogP contribution < -0.4 is 5.32 Å². The van der Waals surface area contributed by atoms with Gasteiger partial charge in [-0.25, -0.2) is 0 Å². The molecule has 1 unspecified atom stereocenters. The second-order valence-electron chi connectivity index (χ2n) is 5.84. The van der Waals surface area contributed by atoms with E-state index in [0.717, 1.165) is 19.8 Å². The molecular formula is C13H28N2O. The Kier molecular flexibility index (Phi) is 5.73. The van der Waals surface area contributed by atoms with Crippen molar-refractivity contribution in [1.29, 1.82) is 0 Å². The summed E-state index contributed by atoms with van der Waals surface area (Å²) >= 11 is 0. The van der Waals surface area contributed by atoms with Crippen LogP contribution in [-0.2, 0) is 4.74 Å². The zero-order valence-corrected chi connectivity index (χ0v) is 11.4. The Balaban J connectivity index is 2.18. The number of piperidine rings is 1. The highest BCUT2D eigenvalue weighted by molar-refractivity contribution is 4.75. The highest BCUT2D eigenvalue weighted by Gasteiger charge is 2.21. The molecule has 1 fully saturated rings. The molecule has 0 spiro atoms. The molecule has 0 saturated carbocycles. The van der Waals surface area contributed by atoms with Crippen molar-refractivity contribution in [2.24, 2.45) is 5.41 Å². The summed E-state index contributed by atoms with van der Waals surface area (Å²) in [6.45, 7) is 8.46. The number of likely N-dealkylation sites (N-methyl/N-ethyl adjacent to an activating group) is 1. The fraction of sp³-hybridized carbons (Fsp3) is 1.00. The maximum atomic E-state index is 5.88. The predicted molar refractivity (Wildman–Crippen MR) is 68.8 cm³/mol. The molecule has 1 heterocycles. The molecule has 0 amide bonds. The standard InChI is InChI=1S/C13H28N2O/c1-13(2,10-14-3)11-16-9-12-7-5-6-8-15(12)4/h12,14H,5-11H2,1-4H3. The maximum Gasteiger partial charge on any atom is 0.0621 e. The zero-order valence-electron chi connectivity index (χ0n) is 11.4. The van der Waals surface area contributed by atoms with E-state index in [1.165, 1.54) is 25.8 Å². The number of nitrogens with one attached hydrogen (secondary N) is 1. The van der Waals surface area contributed by atoms with Crippen molar-refractivity contribution in [2.45, 2.75) is 39.2 Å². The topological polar surface area (TPSA) is 24.5 Å². The van der Waals surface area contributed by atoms with Gasteiger partial charge < -0.3 is 15.0 Å². The van der Waals surface area contributed by atoms with Crippen LogP contribution in [0.25, 0.3) is 0 Å². The fourth-order valence-electron chi connectivity index (χ4n) is 2.36. The molecule has 96 valence electrons. The summed E-state index contributed by atoms with van der Waals surface area (Å²) < 4.78 is 5.88. The van der Waals surface area contributed by atoms with Gasteiger partial charge in [-0.3, -0.25) is 0 Å². The molecule has 1 rings (SSSR count). The molecule has 0 aliphatic carbocycles. The minimum atomic E-state index is 0.238. The number of nitrogens with zero attached hydrogens (tertiary/aromatic N) is 1. The molecule has 1 N–H and O–H groups in total. The van der Waals surface area contributed by atoms with E-state index in [2.05, 4.69) is 31.1 Å². The van der Waals surface area contributed by atoms with Crippen molar-refractivity contribution >= 4 is 0 Å². The lowest BCUT2D eigenvalue weighted by Crippen LogP contribution is -2.40.